The van der Waals surface area contributed by atoms with Gasteiger partial charge in [-0.05, 0) is 58.7 Å². The van der Waals surface area contributed by atoms with Crippen LogP contribution in [0.1, 0.15) is 40.5 Å². The van der Waals surface area contributed by atoms with Gasteiger partial charge in [0.05, 0.1) is 16.5 Å². The molecular formula is C15H23BN2O4S. The van der Waals surface area contributed by atoms with Crippen LogP contribution in [0, 0.1) is 0 Å². The van der Waals surface area contributed by atoms with E-state index in [2.05, 4.69) is 4.72 Å². The van der Waals surface area contributed by atoms with E-state index in [9.17, 15) is 8.42 Å². The summed E-state index contributed by atoms with van der Waals surface area (Å²) in [6.45, 7) is 7.81. The van der Waals surface area contributed by atoms with Gasteiger partial charge in [0.15, 0.2) is 0 Å². The molecular weight excluding hydrogens is 315 g/mol. The van der Waals surface area contributed by atoms with Crippen LogP contribution in [0.3, 0.4) is 0 Å². The Balaban J connectivity index is 1.94. The Labute approximate surface area is 137 Å². The summed E-state index contributed by atoms with van der Waals surface area (Å²) in [5, 5.41) is -0.300. The molecule has 2 aliphatic rings. The Morgan fingerprint density at radius 2 is 1.74 bits per heavy atom. The minimum Gasteiger partial charge on any atom is -0.399 e. The van der Waals surface area contributed by atoms with Crippen molar-refractivity contribution >= 4 is 34.0 Å². The van der Waals surface area contributed by atoms with E-state index >= 15 is 0 Å². The molecule has 0 aromatic heterocycles. The Morgan fingerprint density at radius 1 is 1.17 bits per heavy atom. The predicted molar refractivity (Wildman–Crippen MR) is 92.1 cm³/mol. The van der Waals surface area contributed by atoms with Crippen LogP contribution in [-0.4, -0.2) is 32.0 Å². The molecule has 1 aromatic rings. The van der Waals surface area contributed by atoms with Gasteiger partial charge in [0.2, 0.25) is 10.0 Å². The van der Waals surface area contributed by atoms with Crippen LogP contribution in [0.5, 0.6) is 0 Å². The number of sulfonamides is 1. The van der Waals surface area contributed by atoms with Gasteiger partial charge in [0.1, 0.15) is 0 Å². The zero-order valence-corrected chi connectivity index (χ0v) is 14.7. The summed E-state index contributed by atoms with van der Waals surface area (Å²) in [4.78, 5) is 0. The molecule has 1 aliphatic heterocycles. The van der Waals surface area contributed by atoms with Crippen LogP contribution in [0.15, 0.2) is 18.2 Å². The van der Waals surface area contributed by atoms with Crippen LogP contribution >= 0.6 is 0 Å². The SMILES string of the molecule is CC1(C)OB(c2cc(N)ccc2NS(=O)(=O)C2CC2)OC1(C)C. The molecule has 3 N–H and O–H groups in total. The summed E-state index contributed by atoms with van der Waals surface area (Å²) >= 11 is 0. The summed E-state index contributed by atoms with van der Waals surface area (Å²) in [6.07, 6.45) is 1.41. The zero-order valence-electron chi connectivity index (χ0n) is 13.9. The van der Waals surface area contributed by atoms with Gasteiger partial charge >= 0.3 is 7.12 Å². The molecule has 0 spiro atoms. The van der Waals surface area contributed by atoms with Crippen molar-refractivity contribution in [1.82, 2.24) is 0 Å². The topological polar surface area (TPSA) is 90.6 Å². The van der Waals surface area contributed by atoms with E-state index in [0.29, 0.717) is 29.7 Å². The Bertz CT molecular complexity index is 713. The number of nitrogens with two attached hydrogens (primary N) is 1. The third kappa shape index (κ3) is 3.07. The maximum atomic E-state index is 12.2. The lowest BCUT2D eigenvalue weighted by Crippen LogP contribution is -2.41. The second-order valence-corrected chi connectivity index (χ2v) is 9.24. The molecule has 1 aliphatic carbocycles. The highest BCUT2D eigenvalue weighted by molar-refractivity contribution is 7.93. The Hall–Kier alpha value is -1.25. The third-order valence-corrected chi connectivity index (χ3v) is 6.65. The van der Waals surface area contributed by atoms with Crippen molar-refractivity contribution in [2.24, 2.45) is 0 Å². The number of benzene rings is 1. The first-order valence-electron chi connectivity index (χ1n) is 7.78. The summed E-state index contributed by atoms with van der Waals surface area (Å²) in [7, 11) is -4.03. The van der Waals surface area contributed by atoms with E-state index in [4.69, 9.17) is 15.0 Å². The third-order valence-electron chi connectivity index (χ3n) is 4.80. The molecule has 1 saturated carbocycles. The van der Waals surface area contributed by atoms with E-state index in [1.165, 1.54) is 0 Å². The molecule has 23 heavy (non-hydrogen) atoms. The van der Waals surface area contributed by atoms with Crippen molar-refractivity contribution in [3.05, 3.63) is 18.2 Å². The fourth-order valence-corrected chi connectivity index (χ4v) is 3.87. The second-order valence-electron chi connectivity index (χ2n) is 7.28. The fraction of sp³-hybridized carbons (Fsp3) is 0.600. The highest BCUT2D eigenvalue weighted by Gasteiger charge is 2.52. The number of anilines is 2. The zero-order chi connectivity index (χ0) is 17.0. The average molecular weight is 338 g/mol. The molecule has 0 radical (unpaired) electrons. The largest absolute Gasteiger partial charge is 0.497 e. The van der Waals surface area contributed by atoms with Crippen molar-refractivity contribution < 1.29 is 17.7 Å². The molecule has 3 rings (SSSR count). The van der Waals surface area contributed by atoms with Crippen molar-refractivity contribution in [3.8, 4) is 0 Å². The molecule has 0 amide bonds. The molecule has 8 heteroatoms. The summed E-state index contributed by atoms with van der Waals surface area (Å²) < 4.78 is 39.2. The van der Waals surface area contributed by atoms with E-state index in [1.54, 1.807) is 18.2 Å². The second kappa shape index (κ2) is 5.12. The number of rotatable bonds is 4. The fourth-order valence-electron chi connectivity index (χ4n) is 2.45. The van der Waals surface area contributed by atoms with E-state index in [0.717, 1.165) is 0 Å². The van der Waals surface area contributed by atoms with Gasteiger partial charge in [0.25, 0.3) is 0 Å². The summed E-state index contributed by atoms with van der Waals surface area (Å²) in [5.41, 5.74) is 6.47. The number of hydrogen-bond acceptors (Lipinski definition) is 5. The quantitative estimate of drug-likeness (QED) is 0.641. The lowest BCUT2D eigenvalue weighted by molar-refractivity contribution is 0.00578. The first-order valence-corrected chi connectivity index (χ1v) is 9.33. The molecule has 126 valence electrons. The summed E-state index contributed by atoms with van der Waals surface area (Å²) in [6, 6.07) is 5.03. The Kier molecular flexibility index (Phi) is 3.70. The van der Waals surface area contributed by atoms with Crippen LogP contribution in [0.4, 0.5) is 11.4 Å². The highest BCUT2D eigenvalue weighted by atomic mass is 32.2. The first kappa shape index (κ1) is 16.6. The maximum Gasteiger partial charge on any atom is 0.497 e. The highest BCUT2D eigenvalue weighted by Crippen LogP contribution is 2.37. The van der Waals surface area contributed by atoms with Gasteiger partial charge in [-0.1, -0.05) is 0 Å². The molecule has 0 unspecified atom stereocenters. The maximum absolute atomic E-state index is 12.2. The first-order chi connectivity index (χ1) is 10.5. The monoisotopic (exact) mass is 338 g/mol. The molecule has 0 atom stereocenters. The van der Waals surface area contributed by atoms with Gasteiger partial charge < -0.3 is 15.0 Å². The van der Waals surface area contributed by atoms with Crippen molar-refractivity contribution in [3.63, 3.8) is 0 Å². The molecule has 1 aromatic carbocycles. The molecule has 2 fully saturated rings. The van der Waals surface area contributed by atoms with Crippen LogP contribution in [-0.2, 0) is 19.3 Å². The van der Waals surface area contributed by atoms with E-state index in [1.807, 2.05) is 27.7 Å². The van der Waals surface area contributed by atoms with Crippen molar-refractivity contribution in [1.29, 1.82) is 0 Å². The minimum absolute atomic E-state index is 0.300. The smallest absolute Gasteiger partial charge is 0.399 e. The van der Waals surface area contributed by atoms with Gasteiger partial charge in [-0.2, -0.15) is 0 Å². The van der Waals surface area contributed by atoms with Gasteiger partial charge in [-0.15, -0.1) is 0 Å². The van der Waals surface area contributed by atoms with Gasteiger partial charge in [-0.25, -0.2) is 8.42 Å². The number of hydrogen-bond donors (Lipinski definition) is 2. The lowest BCUT2D eigenvalue weighted by Gasteiger charge is -2.32. The number of nitrogens with one attached hydrogen (secondary N) is 1. The normalized spacial score (nSPS) is 23.0. The molecule has 1 saturated heterocycles. The lowest BCUT2D eigenvalue weighted by atomic mass is 9.77. The predicted octanol–water partition coefficient (Wildman–Crippen LogP) is 1.47. The van der Waals surface area contributed by atoms with Crippen molar-refractivity contribution in [2.45, 2.75) is 57.0 Å². The van der Waals surface area contributed by atoms with Crippen LogP contribution < -0.4 is 15.9 Å². The summed E-state index contributed by atoms with van der Waals surface area (Å²) in [5.74, 6) is 0. The Morgan fingerprint density at radius 3 is 2.26 bits per heavy atom. The average Bonchev–Trinajstić information content (AvgIpc) is 3.21. The van der Waals surface area contributed by atoms with Crippen molar-refractivity contribution in [2.75, 3.05) is 10.5 Å². The van der Waals surface area contributed by atoms with E-state index < -0.39 is 28.3 Å². The standard InChI is InChI=1S/C15H23BN2O4S/c1-14(2)15(3,4)22-16(21-14)12-9-10(17)5-8-13(12)18-23(19,20)11-6-7-11/h5,8-9,11,18H,6-7,17H2,1-4H3. The van der Waals surface area contributed by atoms with Gasteiger partial charge in [0, 0.05) is 16.8 Å². The molecule has 6 nitrogen and oxygen atoms in total. The number of nitrogen functional groups attached to an aromatic ring is 1. The minimum atomic E-state index is -3.36. The van der Waals surface area contributed by atoms with E-state index in [-0.39, 0.29) is 5.25 Å². The van der Waals surface area contributed by atoms with Crippen LogP contribution in [0.25, 0.3) is 0 Å². The molecule has 0 bridgehead atoms. The molecule has 1 heterocycles. The van der Waals surface area contributed by atoms with Crippen LogP contribution in [0.2, 0.25) is 0 Å². The van der Waals surface area contributed by atoms with Gasteiger partial charge in [-0.3, -0.25) is 4.72 Å².